The predicted molar refractivity (Wildman–Crippen MR) is 54.8 cm³/mol. The fraction of sp³-hybridized carbons (Fsp3) is 1.00. The molecule has 0 aromatic heterocycles. The highest BCUT2D eigenvalue weighted by molar-refractivity contribution is 4.68. The lowest BCUT2D eigenvalue weighted by atomic mass is 10.2. The molecule has 1 aliphatic rings. The van der Waals surface area contributed by atoms with E-state index < -0.39 is 0 Å². The van der Waals surface area contributed by atoms with Crippen LogP contribution in [0.1, 0.15) is 25.7 Å². The second-order valence-corrected chi connectivity index (χ2v) is 3.88. The van der Waals surface area contributed by atoms with Gasteiger partial charge in [-0.15, -0.1) is 0 Å². The number of likely N-dealkylation sites (tertiary alicyclic amines) is 1. The molecule has 0 aromatic rings. The third-order valence-corrected chi connectivity index (χ3v) is 2.69. The van der Waals surface area contributed by atoms with Crippen LogP contribution in [0.2, 0.25) is 0 Å². The SMILES string of the molecule is CNCCCN1CCCC(O)CC1. The van der Waals surface area contributed by atoms with E-state index in [2.05, 4.69) is 10.2 Å². The zero-order valence-corrected chi connectivity index (χ0v) is 8.63. The molecule has 0 radical (unpaired) electrons. The quantitative estimate of drug-likeness (QED) is 0.626. The lowest BCUT2D eigenvalue weighted by molar-refractivity contribution is 0.155. The molecule has 0 spiro atoms. The maximum absolute atomic E-state index is 9.44. The number of nitrogens with zero attached hydrogens (tertiary/aromatic N) is 1. The molecule has 13 heavy (non-hydrogen) atoms. The summed E-state index contributed by atoms with van der Waals surface area (Å²) in [5.41, 5.74) is 0. The molecule has 0 saturated carbocycles. The fourth-order valence-electron chi connectivity index (χ4n) is 1.84. The summed E-state index contributed by atoms with van der Waals surface area (Å²) in [5, 5.41) is 12.6. The maximum Gasteiger partial charge on any atom is 0.0553 e. The first-order valence-electron chi connectivity index (χ1n) is 5.38. The number of hydrogen-bond donors (Lipinski definition) is 2. The Kier molecular flexibility index (Phi) is 5.35. The minimum Gasteiger partial charge on any atom is -0.393 e. The van der Waals surface area contributed by atoms with Crippen molar-refractivity contribution < 1.29 is 5.11 Å². The monoisotopic (exact) mass is 186 g/mol. The Morgan fingerprint density at radius 2 is 2.23 bits per heavy atom. The van der Waals surface area contributed by atoms with E-state index in [0.29, 0.717) is 0 Å². The van der Waals surface area contributed by atoms with Gasteiger partial charge in [0.25, 0.3) is 0 Å². The lowest BCUT2D eigenvalue weighted by Gasteiger charge is -2.19. The Labute approximate surface area is 81.1 Å². The van der Waals surface area contributed by atoms with Crippen LogP contribution < -0.4 is 5.32 Å². The molecule has 1 unspecified atom stereocenters. The summed E-state index contributed by atoms with van der Waals surface area (Å²) in [6, 6.07) is 0. The summed E-state index contributed by atoms with van der Waals surface area (Å²) in [5.74, 6) is 0. The number of hydrogen-bond acceptors (Lipinski definition) is 3. The lowest BCUT2D eigenvalue weighted by Crippen LogP contribution is -2.28. The van der Waals surface area contributed by atoms with E-state index in [1.807, 2.05) is 7.05 Å². The molecule has 0 bridgehead atoms. The van der Waals surface area contributed by atoms with Gasteiger partial charge in [0.15, 0.2) is 0 Å². The zero-order valence-electron chi connectivity index (χ0n) is 8.63. The number of aliphatic hydroxyl groups is 1. The smallest absolute Gasteiger partial charge is 0.0553 e. The first kappa shape index (κ1) is 11.0. The highest BCUT2D eigenvalue weighted by Crippen LogP contribution is 2.10. The second kappa shape index (κ2) is 6.35. The summed E-state index contributed by atoms with van der Waals surface area (Å²) in [6.45, 7) is 4.51. The van der Waals surface area contributed by atoms with Crippen LogP contribution in [0.5, 0.6) is 0 Å². The van der Waals surface area contributed by atoms with E-state index >= 15 is 0 Å². The van der Waals surface area contributed by atoms with Crippen molar-refractivity contribution in [3.8, 4) is 0 Å². The van der Waals surface area contributed by atoms with Crippen LogP contribution in [0.4, 0.5) is 0 Å². The molecule has 1 heterocycles. The van der Waals surface area contributed by atoms with Gasteiger partial charge in [-0.05, 0) is 52.4 Å². The van der Waals surface area contributed by atoms with Crippen LogP contribution in [-0.2, 0) is 0 Å². The van der Waals surface area contributed by atoms with Gasteiger partial charge in [0.1, 0.15) is 0 Å². The molecule has 2 N–H and O–H groups in total. The molecular formula is C10H22N2O. The van der Waals surface area contributed by atoms with Crippen molar-refractivity contribution in [1.82, 2.24) is 10.2 Å². The molecule has 1 fully saturated rings. The first-order valence-corrected chi connectivity index (χ1v) is 5.38. The molecular weight excluding hydrogens is 164 g/mol. The summed E-state index contributed by atoms with van der Waals surface area (Å²) < 4.78 is 0. The van der Waals surface area contributed by atoms with Crippen molar-refractivity contribution in [3.63, 3.8) is 0 Å². The van der Waals surface area contributed by atoms with Crippen molar-refractivity contribution in [2.75, 3.05) is 33.2 Å². The van der Waals surface area contributed by atoms with E-state index in [9.17, 15) is 5.11 Å². The predicted octanol–water partition coefficient (Wildman–Crippen LogP) is 0.443. The normalized spacial score (nSPS) is 25.8. The van der Waals surface area contributed by atoms with E-state index in [1.165, 1.54) is 19.5 Å². The van der Waals surface area contributed by atoms with E-state index in [1.54, 1.807) is 0 Å². The van der Waals surface area contributed by atoms with E-state index in [0.717, 1.165) is 32.4 Å². The first-order chi connectivity index (χ1) is 6.33. The Morgan fingerprint density at radius 1 is 1.38 bits per heavy atom. The minimum absolute atomic E-state index is 0.0469. The van der Waals surface area contributed by atoms with Gasteiger partial charge in [-0.3, -0.25) is 0 Å². The van der Waals surface area contributed by atoms with Gasteiger partial charge in [0.2, 0.25) is 0 Å². The van der Waals surface area contributed by atoms with Crippen LogP contribution in [0.3, 0.4) is 0 Å². The third-order valence-electron chi connectivity index (χ3n) is 2.69. The van der Waals surface area contributed by atoms with Crippen molar-refractivity contribution in [3.05, 3.63) is 0 Å². The molecule has 1 rings (SSSR count). The Hall–Kier alpha value is -0.120. The third kappa shape index (κ3) is 4.60. The van der Waals surface area contributed by atoms with Gasteiger partial charge in [-0.2, -0.15) is 0 Å². The molecule has 1 saturated heterocycles. The average Bonchev–Trinajstić information content (AvgIpc) is 2.32. The van der Waals surface area contributed by atoms with Crippen molar-refractivity contribution >= 4 is 0 Å². The van der Waals surface area contributed by atoms with Crippen molar-refractivity contribution in [2.24, 2.45) is 0 Å². The van der Waals surface area contributed by atoms with Gasteiger partial charge < -0.3 is 15.3 Å². The fourth-order valence-corrected chi connectivity index (χ4v) is 1.84. The summed E-state index contributed by atoms with van der Waals surface area (Å²) >= 11 is 0. The molecule has 0 aliphatic carbocycles. The Bertz CT molecular complexity index is 130. The highest BCUT2D eigenvalue weighted by atomic mass is 16.3. The molecule has 1 atom stereocenters. The van der Waals surface area contributed by atoms with Crippen LogP contribution >= 0.6 is 0 Å². The number of aliphatic hydroxyl groups excluding tert-OH is 1. The largest absolute Gasteiger partial charge is 0.393 e. The van der Waals surface area contributed by atoms with Crippen LogP contribution in [-0.4, -0.2) is 49.3 Å². The van der Waals surface area contributed by atoms with Crippen molar-refractivity contribution in [2.45, 2.75) is 31.8 Å². The molecule has 3 heteroatoms. The summed E-state index contributed by atoms with van der Waals surface area (Å²) in [4.78, 5) is 2.47. The molecule has 0 aromatic carbocycles. The van der Waals surface area contributed by atoms with Gasteiger partial charge in [0, 0.05) is 6.54 Å². The standard InChI is InChI=1S/C10H22N2O/c1-11-6-3-8-12-7-2-4-10(13)5-9-12/h10-11,13H,2-9H2,1H3. The number of nitrogens with one attached hydrogen (secondary N) is 1. The van der Waals surface area contributed by atoms with Crippen LogP contribution in [0.15, 0.2) is 0 Å². The topological polar surface area (TPSA) is 35.5 Å². The van der Waals surface area contributed by atoms with Gasteiger partial charge >= 0.3 is 0 Å². The van der Waals surface area contributed by atoms with E-state index in [4.69, 9.17) is 0 Å². The van der Waals surface area contributed by atoms with Gasteiger partial charge in [-0.25, -0.2) is 0 Å². The second-order valence-electron chi connectivity index (χ2n) is 3.88. The summed E-state index contributed by atoms with van der Waals surface area (Å²) in [6.07, 6.45) is 4.27. The molecule has 1 aliphatic heterocycles. The van der Waals surface area contributed by atoms with Gasteiger partial charge in [0.05, 0.1) is 6.10 Å². The molecule has 3 nitrogen and oxygen atoms in total. The highest BCUT2D eigenvalue weighted by Gasteiger charge is 2.13. The molecule has 78 valence electrons. The zero-order chi connectivity index (χ0) is 9.52. The average molecular weight is 186 g/mol. The van der Waals surface area contributed by atoms with Crippen molar-refractivity contribution in [1.29, 1.82) is 0 Å². The maximum atomic E-state index is 9.44. The Morgan fingerprint density at radius 3 is 3.00 bits per heavy atom. The Balaban J connectivity index is 2.11. The van der Waals surface area contributed by atoms with E-state index in [-0.39, 0.29) is 6.10 Å². The van der Waals surface area contributed by atoms with Crippen LogP contribution in [0, 0.1) is 0 Å². The van der Waals surface area contributed by atoms with Crippen LogP contribution in [0.25, 0.3) is 0 Å². The minimum atomic E-state index is -0.0469. The number of rotatable bonds is 4. The van der Waals surface area contributed by atoms with Gasteiger partial charge in [-0.1, -0.05) is 0 Å². The molecule has 0 amide bonds. The summed E-state index contributed by atoms with van der Waals surface area (Å²) in [7, 11) is 1.99.